The van der Waals surface area contributed by atoms with Crippen molar-refractivity contribution in [2.75, 3.05) is 0 Å². The summed E-state index contributed by atoms with van der Waals surface area (Å²) in [7, 11) is 0. The van der Waals surface area contributed by atoms with E-state index >= 15 is 0 Å². The summed E-state index contributed by atoms with van der Waals surface area (Å²) >= 11 is 0. The molecule has 1 aromatic carbocycles. The molecule has 0 aromatic heterocycles. The molecule has 2 atom stereocenters. The third-order valence-corrected chi connectivity index (χ3v) is 2.67. The molecule has 7 heteroatoms. The maximum absolute atomic E-state index is 12.5. The Hall–Kier alpha value is -1.60. The first kappa shape index (κ1) is 15.5. The second-order valence-electron chi connectivity index (χ2n) is 4.25. The predicted octanol–water partition coefficient (Wildman–Crippen LogP) is 1.28. The molecule has 4 N–H and O–H groups in total. The Bertz CT molecular complexity index is 474. The highest BCUT2D eigenvalue weighted by Gasteiger charge is 2.32. The lowest BCUT2D eigenvalue weighted by atomic mass is 9.97. The van der Waals surface area contributed by atoms with E-state index in [0.717, 1.165) is 18.2 Å². The van der Waals surface area contributed by atoms with Gasteiger partial charge < -0.3 is 15.9 Å². The number of hydrogen-bond acceptors (Lipinski definition) is 3. The molecule has 0 radical (unpaired) electrons. The lowest BCUT2D eigenvalue weighted by molar-refractivity contribution is -0.138. The molecule has 2 unspecified atom stereocenters. The van der Waals surface area contributed by atoms with Crippen molar-refractivity contribution in [2.45, 2.75) is 31.7 Å². The van der Waals surface area contributed by atoms with Crippen LogP contribution in [0.5, 0.6) is 0 Å². The largest absolute Gasteiger partial charge is 0.416 e. The Labute approximate surface area is 107 Å². The van der Waals surface area contributed by atoms with Crippen molar-refractivity contribution in [3.63, 3.8) is 0 Å². The zero-order valence-electron chi connectivity index (χ0n) is 10.1. The summed E-state index contributed by atoms with van der Waals surface area (Å²) in [5, 5.41) is 19.2. The zero-order chi connectivity index (χ0) is 14.8. The number of benzene rings is 1. The van der Waals surface area contributed by atoms with Gasteiger partial charge in [0, 0.05) is 0 Å². The van der Waals surface area contributed by atoms with Crippen LogP contribution >= 0.6 is 0 Å². The van der Waals surface area contributed by atoms with Crippen molar-refractivity contribution in [1.29, 1.82) is 0 Å². The van der Waals surface area contributed by atoms with Crippen molar-refractivity contribution in [2.24, 2.45) is 5.73 Å². The van der Waals surface area contributed by atoms with Gasteiger partial charge in [-0.3, -0.25) is 4.79 Å². The average Bonchev–Trinajstić information content (AvgIpc) is 2.25. The number of hydrogen-bond donors (Lipinski definition) is 3. The van der Waals surface area contributed by atoms with Crippen molar-refractivity contribution >= 4 is 5.91 Å². The van der Waals surface area contributed by atoms with E-state index in [9.17, 15) is 28.2 Å². The number of carbonyl (C=O) groups excluding carboxylic acids is 1. The first-order valence-corrected chi connectivity index (χ1v) is 5.45. The van der Waals surface area contributed by atoms with E-state index in [4.69, 9.17) is 5.73 Å². The number of halogens is 3. The molecule has 1 amide bonds. The Morgan fingerprint density at radius 1 is 1.37 bits per heavy atom. The molecule has 0 saturated carbocycles. The van der Waals surface area contributed by atoms with Crippen molar-refractivity contribution < 1.29 is 28.2 Å². The normalized spacial score (nSPS) is 15.1. The molecule has 0 fully saturated rings. The number of aryl methyl sites for hydroxylation is 1. The molecule has 0 saturated heterocycles. The molecular weight excluding hydrogens is 263 g/mol. The van der Waals surface area contributed by atoms with Gasteiger partial charge in [-0.2, -0.15) is 13.2 Å². The van der Waals surface area contributed by atoms with Crippen LogP contribution in [0.4, 0.5) is 13.2 Å². The first-order chi connectivity index (χ1) is 8.62. The van der Waals surface area contributed by atoms with Crippen LogP contribution in [0.1, 0.15) is 29.2 Å². The van der Waals surface area contributed by atoms with Gasteiger partial charge in [-0.05, 0) is 24.1 Å². The minimum atomic E-state index is -4.47. The fraction of sp³-hybridized carbons (Fsp3) is 0.417. The molecule has 0 heterocycles. The number of primary amides is 1. The average molecular weight is 277 g/mol. The van der Waals surface area contributed by atoms with Gasteiger partial charge >= 0.3 is 6.18 Å². The van der Waals surface area contributed by atoms with Gasteiger partial charge in [0.1, 0.15) is 6.10 Å². The highest BCUT2D eigenvalue weighted by molar-refractivity contribution is 5.74. The van der Waals surface area contributed by atoms with E-state index in [1.807, 2.05) is 0 Å². The molecule has 106 valence electrons. The lowest BCUT2D eigenvalue weighted by Gasteiger charge is -2.18. The molecular formula is C12H14F3NO3. The van der Waals surface area contributed by atoms with Crippen LogP contribution in [0, 0.1) is 6.92 Å². The molecule has 0 aliphatic heterocycles. The molecule has 19 heavy (non-hydrogen) atoms. The Kier molecular flexibility index (Phi) is 4.54. The van der Waals surface area contributed by atoms with Crippen LogP contribution in [0.3, 0.4) is 0 Å². The quantitative estimate of drug-likeness (QED) is 0.775. The predicted molar refractivity (Wildman–Crippen MR) is 61.0 cm³/mol. The monoisotopic (exact) mass is 277 g/mol. The van der Waals surface area contributed by atoms with Gasteiger partial charge in [-0.25, -0.2) is 0 Å². The third-order valence-electron chi connectivity index (χ3n) is 2.67. The number of nitrogens with two attached hydrogens (primary N) is 1. The van der Waals surface area contributed by atoms with Gasteiger partial charge in [0.2, 0.25) is 5.91 Å². The van der Waals surface area contributed by atoms with Crippen molar-refractivity contribution in [3.8, 4) is 0 Å². The zero-order valence-corrected chi connectivity index (χ0v) is 10.1. The number of carbonyl (C=O) groups is 1. The van der Waals surface area contributed by atoms with Gasteiger partial charge in [0.05, 0.1) is 18.1 Å². The molecule has 1 rings (SSSR count). The van der Waals surface area contributed by atoms with E-state index in [1.165, 1.54) is 6.92 Å². The van der Waals surface area contributed by atoms with E-state index < -0.39 is 36.3 Å². The van der Waals surface area contributed by atoms with Gasteiger partial charge in [0.25, 0.3) is 0 Å². The van der Waals surface area contributed by atoms with Gasteiger partial charge in [0.15, 0.2) is 0 Å². The minimum Gasteiger partial charge on any atom is -0.390 e. The molecule has 0 bridgehead atoms. The number of rotatable bonds is 4. The van der Waals surface area contributed by atoms with E-state index in [1.54, 1.807) is 0 Å². The van der Waals surface area contributed by atoms with Crippen LogP contribution in [-0.4, -0.2) is 22.2 Å². The number of alkyl halides is 3. The fourth-order valence-electron chi connectivity index (χ4n) is 1.73. The highest BCUT2D eigenvalue weighted by Crippen LogP contribution is 2.33. The molecule has 0 aliphatic carbocycles. The summed E-state index contributed by atoms with van der Waals surface area (Å²) in [6, 6.07) is 3.01. The highest BCUT2D eigenvalue weighted by atomic mass is 19.4. The summed E-state index contributed by atoms with van der Waals surface area (Å²) in [6.45, 7) is 1.25. The number of aliphatic hydroxyl groups excluding tert-OH is 2. The van der Waals surface area contributed by atoms with Crippen LogP contribution < -0.4 is 5.73 Å². The minimum absolute atomic E-state index is 0.0738. The Morgan fingerprint density at radius 3 is 2.37 bits per heavy atom. The maximum Gasteiger partial charge on any atom is 0.416 e. The molecule has 1 aromatic rings. The van der Waals surface area contributed by atoms with E-state index in [-0.39, 0.29) is 11.1 Å². The van der Waals surface area contributed by atoms with Gasteiger partial charge in [-0.15, -0.1) is 0 Å². The number of aliphatic hydroxyl groups is 2. The van der Waals surface area contributed by atoms with Crippen molar-refractivity contribution in [3.05, 3.63) is 34.9 Å². The second-order valence-corrected chi connectivity index (χ2v) is 4.25. The second kappa shape index (κ2) is 5.58. The summed E-state index contributed by atoms with van der Waals surface area (Å²) < 4.78 is 37.6. The van der Waals surface area contributed by atoms with Crippen LogP contribution in [-0.2, 0) is 11.0 Å². The van der Waals surface area contributed by atoms with Crippen molar-refractivity contribution in [1.82, 2.24) is 0 Å². The fourth-order valence-corrected chi connectivity index (χ4v) is 1.73. The lowest BCUT2D eigenvalue weighted by Crippen LogP contribution is -2.25. The van der Waals surface area contributed by atoms with Gasteiger partial charge in [-0.1, -0.05) is 12.1 Å². The van der Waals surface area contributed by atoms with Crippen LogP contribution in [0.2, 0.25) is 0 Å². The topological polar surface area (TPSA) is 83.6 Å². The molecule has 0 spiro atoms. The Balaban J connectivity index is 2.98. The standard InChI is InChI=1S/C12H14F3NO3/c1-6-4-7(2-3-8(6)12(13,14)15)11(19)9(17)5-10(16)18/h2-4,9,11,17,19H,5H2,1H3,(H2,16,18). The van der Waals surface area contributed by atoms with Crippen LogP contribution in [0.15, 0.2) is 18.2 Å². The molecule has 4 nitrogen and oxygen atoms in total. The van der Waals surface area contributed by atoms with Crippen LogP contribution in [0.25, 0.3) is 0 Å². The van der Waals surface area contributed by atoms with E-state index in [2.05, 4.69) is 0 Å². The molecule has 0 aliphatic rings. The number of amides is 1. The summed E-state index contributed by atoms with van der Waals surface area (Å²) in [5.41, 5.74) is 4.07. The summed E-state index contributed by atoms with van der Waals surface area (Å²) in [6.07, 6.45) is -7.86. The Morgan fingerprint density at radius 2 is 1.95 bits per heavy atom. The smallest absolute Gasteiger partial charge is 0.390 e. The first-order valence-electron chi connectivity index (χ1n) is 5.45. The van der Waals surface area contributed by atoms with E-state index in [0.29, 0.717) is 0 Å². The maximum atomic E-state index is 12.5. The summed E-state index contributed by atoms with van der Waals surface area (Å²) in [5.74, 6) is -0.810. The SMILES string of the molecule is Cc1cc(C(O)C(O)CC(N)=O)ccc1C(F)(F)F. The summed E-state index contributed by atoms with van der Waals surface area (Å²) in [4.78, 5) is 10.6. The third kappa shape index (κ3) is 3.93.